The molecule has 1 saturated heterocycles. The van der Waals surface area contributed by atoms with Crippen LogP contribution in [0.1, 0.15) is 60.2 Å². The summed E-state index contributed by atoms with van der Waals surface area (Å²) in [6.45, 7) is 9.06. The molecule has 1 amide bonds. The van der Waals surface area contributed by atoms with Gasteiger partial charge in [-0.3, -0.25) is 14.4 Å². The normalized spacial score (nSPS) is 18.1. The standard InChI is InChI=1S/C19H27N5O/c1-14(2)24-18-13-23(19(25)16-6-5-8-20-16)11-7-15(18)17(21-24)12-22-9-3-4-10-22/h5-6,8,14,20H,3-4,7,9-13H2,1-2H3. The molecule has 0 aromatic carbocycles. The molecule has 1 N–H and O–H groups in total. The van der Waals surface area contributed by atoms with Crippen LogP contribution in [-0.4, -0.2) is 50.1 Å². The fraction of sp³-hybridized carbons (Fsp3) is 0.579. The third-order valence-electron chi connectivity index (χ3n) is 5.35. The number of aromatic nitrogens is 3. The molecular weight excluding hydrogens is 314 g/mol. The molecule has 1 fully saturated rings. The Labute approximate surface area is 148 Å². The lowest BCUT2D eigenvalue weighted by molar-refractivity contribution is 0.0723. The Kier molecular flexibility index (Phi) is 4.37. The minimum absolute atomic E-state index is 0.0771. The van der Waals surface area contributed by atoms with Gasteiger partial charge in [0.25, 0.3) is 5.91 Å². The van der Waals surface area contributed by atoms with Crippen molar-refractivity contribution in [1.82, 2.24) is 24.6 Å². The zero-order chi connectivity index (χ0) is 17.4. The Morgan fingerprint density at radius 1 is 1.28 bits per heavy atom. The van der Waals surface area contributed by atoms with E-state index in [2.05, 4.69) is 28.4 Å². The van der Waals surface area contributed by atoms with E-state index in [4.69, 9.17) is 5.10 Å². The van der Waals surface area contributed by atoms with E-state index in [9.17, 15) is 4.79 Å². The first kappa shape index (κ1) is 16.4. The van der Waals surface area contributed by atoms with Crippen LogP contribution in [0.25, 0.3) is 0 Å². The summed E-state index contributed by atoms with van der Waals surface area (Å²) in [7, 11) is 0. The van der Waals surface area contributed by atoms with Gasteiger partial charge in [-0.15, -0.1) is 0 Å². The number of rotatable bonds is 4. The number of H-pyrrole nitrogens is 1. The zero-order valence-electron chi connectivity index (χ0n) is 15.2. The molecule has 0 atom stereocenters. The predicted molar refractivity (Wildman–Crippen MR) is 96.4 cm³/mol. The molecule has 0 radical (unpaired) electrons. The monoisotopic (exact) mass is 341 g/mol. The molecule has 2 aliphatic rings. The van der Waals surface area contributed by atoms with Crippen LogP contribution in [0, 0.1) is 0 Å². The van der Waals surface area contributed by atoms with Crippen molar-refractivity contribution < 1.29 is 4.79 Å². The molecule has 2 aliphatic heterocycles. The van der Waals surface area contributed by atoms with Crippen molar-refractivity contribution in [3.63, 3.8) is 0 Å². The van der Waals surface area contributed by atoms with Crippen molar-refractivity contribution in [3.8, 4) is 0 Å². The number of hydrogen-bond donors (Lipinski definition) is 1. The number of aromatic amines is 1. The molecular formula is C19H27N5O. The summed E-state index contributed by atoms with van der Waals surface area (Å²) >= 11 is 0. The number of amides is 1. The minimum atomic E-state index is 0.0771. The van der Waals surface area contributed by atoms with Crippen LogP contribution in [0.15, 0.2) is 18.3 Å². The Morgan fingerprint density at radius 2 is 2.08 bits per heavy atom. The number of nitrogens with one attached hydrogen (secondary N) is 1. The smallest absolute Gasteiger partial charge is 0.270 e. The highest BCUT2D eigenvalue weighted by Gasteiger charge is 2.29. The third-order valence-corrected chi connectivity index (χ3v) is 5.35. The molecule has 6 heteroatoms. The molecule has 0 bridgehead atoms. The van der Waals surface area contributed by atoms with E-state index in [0.717, 1.165) is 19.5 Å². The fourth-order valence-corrected chi connectivity index (χ4v) is 4.03. The number of likely N-dealkylation sites (tertiary alicyclic amines) is 1. The van der Waals surface area contributed by atoms with Crippen LogP contribution < -0.4 is 0 Å². The average Bonchev–Trinajstić information content (AvgIpc) is 3.35. The van der Waals surface area contributed by atoms with Crippen molar-refractivity contribution in [2.45, 2.75) is 52.2 Å². The Bertz CT molecular complexity index is 740. The summed E-state index contributed by atoms with van der Waals surface area (Å²) in [6.07, 6.45) is 5.30. The van der Waals surface area contributed by atoms with Crippen LogP contribution in [-0.2, 0) is 19.5 Å². The first-order chi connectivity index (χ1) is 12.1. The molecule has 6 nitrogen and oxygen atoms in total. The number of nitrogens with zero attached hydrogens (tertiary/aromatic N) is 4. The molecule has 2 aromatic heterocycles. The molecule has 0 spiro atoms. The van der Waals surface area contributed by atoms with Gasteiger partial charge in [0.2, 0.25) is 0 Å². The lowest BCUT2D eigenvalue weighted by Crippen LogP contribution is -2.37. The van der Waals surface area contributed by atoms with E-state index < -0.39 is 0 Å². The van der Waals surface area contributed by atoms with Crippen LogP contribution in [0.2, 0.25) is 0 Å². The SMILES string of the molecule is CC(C)n1nc(CN2CCCC2)c2c1CN(C(=O)c1ccc[nH]1)CC2. The third kappa shape index (κ3) is 3.11. The lowest BCUT2D eigenvalue weighted by Gasteiger charge is -2.28. The zero-order valence-corrected chi connectivity index (χ0v) is 15.2. The van der Waals surface area contributed by atoms with Gasteiger partial charge in [0.05, 0.1) is 17.9 Å². The number of carbonyl (C=O) groups is 1. The van der Waals surface area contributed by atoms with Gasteiger partial charge in [-0.2, -0.15) is 5.10 Å². The Hall–Kier alpha value is -2.08. The number of carbonyl (C=O) groups excluding carboxylic acids is 1. The molecule has 0 aliphatic carbocycles. The Balaban J connectivity index is 1.59. The highest BCUT2D eigenvalue weighted by molar-refractivity contribution is 5.92. The van der Waals surface area contributed by atoms with Crippen molar-refractivity contribution >= 4 is 5.91 Å². The van der Waals surface area contributed by atoms with E-state index in [-0.39, 0.29) is 5.91 Å². The Morgan fingerprint density at radius 3 is 2.76 bits per heavy atom. The van der Waals surface area contributed by atoms with Crippen LogP contribution >= 0.6 is 0 Å². The summed E-state index contributed by atoms with van der Waals surface area (Å²) in [6, 6.07) is 4.02. The van der Waals surface area contributed by atoms with Gasteiger partial charge in [0.15, 0.2) is 0 Å². The molecule has 0 unspecified atom stereocenters. The maximum atomic E-state index is 12.7. The molecule has 4 heterocycles. The van der Waals surface area contributed by atoms with E-state index in [1.54, 1.807) is 6.20 Å². The summed E-state index contributed by atoms with van der Waals surface area (Å²) in [5, 5.41) is 4.94. The predicted octanol–water partition coefficient (Wildman–Crippen LogP) is 2.59. The second kappa shape index (κ2) is 6.67. The van der Waals surface area contributed by atoms with E-state index >= 15 is 0 Å². The number of hydrogen-bond acceptors (Lipinski definition) is 3. The topological polar surface area (TPSA) is 57.2 Å². The largest absolute Gasteiger partial charge is 0.357 e. The van der Waals surface area contributed by atoms with Crippen molar-refractivity contribution in [1.29, 1.82) is 0 Å². The summed E-state index contributed by atoms with van der Waals surface area (Å²) in [5.74, 6) is 0.0771. The maximum absolute atomic E-state index is 12.7. The average molecular weight is 341 g/mol. The van der Waals surface area contributed by atoms with Crippen molar-refractivity contribution in [3.05, 3.63) is 41.0 Å². The second-order valence-corrected chi connectivity index (χ2v) is 7.45. The van der Waals surface area contributed by atoms with Gasteiger partial charge < -0.3 is 9.88 Å². The fourth-order valence-electron chi connectivity index (χ4n) is 4.03. The van der Waals surface area contributed by atoms with E-state index in [1.165, 1.54) is 42.9 Å². The summed E-state index contributed by atoms with van der Waals surface area (Å²) < 4.78 is 2.13. The van der Waals surface area contributed by atoms with E-state index in [1.807, 2.05) is 17.0 Å². The maximum Gasteiger partial charge on any atom is 0.270 e. The first-order valence-electron chi connectivity index (χ1n) is 9.37. The number of fused-ring (bicyclic) bond motifs is 1. The van der Waals surface area contributed by atoms with Crippen LogP contribution in [0.4, 0.5) is 0 Å². The summed E-state index contributed by atoms with van der Waals surface area (Å²) in [4.78, 5) is 20.2. The highest BCUT2D eigenvalue weighted by atomic mass is 16.2. The van der Waals surface area contributed by atoms with Gasteiger partial charge in [-0.25, -0.2) is 0 Å². The molecule has 25 heavy (non-hydrogen) atoms. The quantitative estimate of drug-likeness (QED) is 0.930. The van der Waals surface area contributed by atoms with Crippen molar-refractivity contribution in [2.24, 2.45) is 0 Å². The molecule has 2 aromatic rings. The summed E-state index contributed by atoms with van der Waals surface area (Å²) in [5.41, 5.74) is 4.47. The first-order valence-corrected chi connectivity index (χ1v) is 9.37. The highest BCUT2D eigenvalue weighted by Crippen LogP contribution is 2.27. The molecule has 0 saturated carbocycles. The van der Waals surface area contributed by atoms with Crippen LogP contribution in [0.3, 0.4) is 0 Å². The lowest BCUT2D eigenvalue weighted by atomic mass is 10.0. The van der Waals surface area contributed by atoms with Gasteiger partial charge in [-0.1, -0.05) is 0 Å². The van der Waals surface area contributed by atoms with Crippen molar-refractivity contribution in [2.75, 3.05) is 19.6 Å². The van der Waals surface area contributed by atoms with Gasteiger partial charge >= 0.3 is 0 Å². The van der Waals surface area contributed by atoms with Gasteiger partial charge in [-0.05, 0) is 58.3 Å². The van der Waals surface area contributed by atoms with Gasteiger partial charge in [0.1, 0.15) is 5.69 Å². The van der Waals surface area contributed by atoms with Gasteiger partial charge in [0, 0.05) is 30.9 Å². The van der Waals surface area contributed by atoms with Crippen LogP contribution in [0.5, 0.6) is 0 Å². The molecule has 4 rings (SSSR count). The molecule has 134 valence electrons. The minimum Gasteiger partial charge on any atom is -0.357 e. The second-order valence-electron chi connectivity index (χ2n) is 7.45. The van der Waals surface area contributed by atoms with E-state index in [0.29, 0.717) is 18.3 Å².